The van der Waals surface area contributed by atoms with Gasteiger partial charge < -0.3 is 5.21 Å². The normalized spacial score (nSPS) is 36.8. The first-order chi connectivity index (χ1) is 5.52. The lowest BCUT2D eigenvalue weighted by atomic mass is 9.79. The van der Waals surface area contributed by atoms with Gasteiger partial charge in [-0.2, -0.15) is 5.06 Å². The Morgan fingerprint density at radius 1 is 1.50 bits per heavy atom. The molecule has 1 rings (SSSR count). The molecule has 2 nitrogen and oxygen atoms in total. The molecule has 0 aromatic rings. The maximum absolute atomic E-state index is 9.39. The summed E-state index contributed by atoms with van der Waals surface area (Å²) in [5, 5.41) is 10.7. The van der Waals surface area contributed by atoms with Crippen molar-refractivity contribution in [2.45, 2.75) is 33.2 Å². The third-order valence-electron chi connectivity index (χ3n) is 2.99. The molecular weight excluding hydrogens is 150 g/mol. The van der Waals surface area contributed by atoms with Gasteiger partial charge >= 0.3 is 0 Å². The largest absolute Gasteiger partial charge is 0.314 e. The van der Waals surface area contributed by atoms with Crippen LogP contribution in [0.25, 0.3) is 0 Å². The molecule has 0 saturated carbocycles. The van der Waals surface area contributed by atoms with Crippen molar-refractivity contribution in [2.75, 3.05) is 7.05 Å². The van der Waals surface area contributed by atoms with Gasteiger partial charge in [0, 0.05) is 13.1 Å². The van der Waals surface area contributed by atoms with E-state index < -0.39 is 0 Å². The minimum absolute atomic E-state index is 0.296. The highest BCUT2D eigenvalue weighted by Crippen LogP contribution is 2.30. The summed E-state index contributed by atoms with van der Waals surface area (Å²) >= 11 is 0. The summed E-state index contributed by atoms with van der Waals surface area (Å²) in [5.41, 5.74) is 1.39. The highest BCUT2D eigenvalue weighted by molar-refractivity contribution is 5.09. The molecule has 3 atom stereocenters. The predicted octanol–water partition coefficient (Wildman–Crippen LogP) is 2.30. The maximum atomic E-state index is 9.39. The number of hydroxylamine groups is 2. The molecular formula is C10H19NO. The molecule has 12 heavy (non-hydrogen) atoms. The fourth-order valence-electron chi connectivity index (χ4n) is 2.01. The first kappa shape index (κ1) is 9.75. The molecule has 0 aromatic carbocycles. The van der Waals surface area contributed by atoms with Gasteiger partial charge in [-0.25, -0.2) is 0 Å². The fraction of sp³-hybridized carbons (Fsp3) is 0.800. The van der Waals surface area contributed by atoms with Crippen LogP contribution in [0.2, 0.25) is 0 Å². The van der Waals surface area contributed by atoms with Crippen LogP contribution in [0.5, 0.6) is 0 Å². The Bertz CT molecular complexity index is 186. The van der Waals surface area contributed by atoms with E-state index in [1.54, 1.807) is 7.05 Å². The SMILES string of the molecule is CC1=CC(C)C(C)C(N(C)O)C1. The monoisotopic (exact) mass is 169 g/mol. The third-order valence-corrected chi connectivity index (χ3v) is 2.99. The van der Waals surface area contributed by atoms with Crippen molar-refractivity contribution < 1.29 is 5.21 Å². The molecule has 2 heteroatoms. The lowest BCUT2D eigenvalue weighted by Crippen LogP contribution is -2.39. The van der Waals surface area contributed by atoms with E-state index in [2.05, 4.69) is 26.8 Å². The molecule has 1 aliphatic carbocycles. The average Bonchev–Trinajstić information content (AvgIpc) is 1.96. The van der Waals surface area contributed by atoms with Crippen molar-refractivity contribution in [3.05, 3.63) is 11.6 Å². The molecule has 3 unspecified atom stereocenters. The zero-order valence-corrected chi connectivity index (χ0v) is 8.41. The van der Waals surface area contributed by atoms with Crippen LogP contribution in [-0.2, 0) is 0 Å². The molecule has 1 N–H and O–H groups in total. The van der Waals surface area contributed by atoms with Crippen molar-refractivity contribution in [2.24, 2.45) is 11.8 Å². The third kappa shape index (κ3) is 1.87. The fourth-order valence-corrected chi connectivity index (χ4v) is 2.01. The summed E-state index contributed by atoms with van der Waals surface area (Å²) in [6, 6.07) is 0.296. The summed E-state index contributed by atoms with van der Waals surface area (Å²) in [6.45, 7) is 6.55. The van der Waals surface area contributed by atoms with Crippen LogP contribution in [-0.4, -0.2) is 23.4 Å². The Labute approximate surface area is 74.8 Å². The van der Waals surface area contributed by atoms with E-state index in [9.17, 15) is 5.21 Å². The van der Waals surface area contributed by atoms with Crippen LogP contribution in [0.15, 0.2) is 11.6 Å². The molecule has 0 aliphatic heterocycles. The highest BCUT2D eigenvalue weighted by Gasteiger charge is 2.28. The number of hydrogen-bond donors (Lipinski definition) is 1. The maximum Gasteiger partial charge on any atom is 0.0415 e. The molecule has 0 spiro atoms. The van der Waals surface area contributed by atoms with Gasteiger partial charge in [-0.1, -0.05) is 25.5 Å². The van der Waals surface area contributed by atoms with Gasteiger partial charge in [-0.15, -0.1) is 0 Å². The van der Waals surface area contributed by atoms with E-state index in [1.807, 2.05) is 0 Å². The number of allylic oxidation sites excluding steroid dienone is 1. The molecule has 0 amide bonds. The second-order valence-corrected chi connectivity index (χ2v) is 4.08. The van der Waals surface area contributed by atoms with Gasteiger partial charge in [0.25, 0.3) is 0 Å². The first-order valence-corrected chi connectivity index (χ1v) is 4.61. The summed E-state index contributed by atoms with van der Waals surface area (Å²) in [7, 11) is 1.74. The smallest absolute Gasteiger partial charge is 0.0415 e. The topological polar surface area (TPSA) is 23.5 Å². The zero-order chi connectivity index (χ0) is 9.30. The highest BCUT2D eigenvalue weighted by atomic mass is 16.5. The molecule has 70 valence electrons. The van der Waals surface area contributed by atoms with E-state index in [0.29, 0.717) is 17.9 Å². The van der Waals surface area contributed by atoms with Crippen molar-refractivity contribution in [3.63, 3.8) is 0 Å². The van der Waals surface area contributed by atoms with Crippen LogP contribution in [0, 0.1) is 11.8 Å². The van der Waals surface area contributed by atoms with Gasteiger partial charge in [0.05, 0.1) is 0 Å². The van der Waals surface area contributed by atoms with Crippen LogP contribution in [0.1, 0.15) is 27.2 Å². The molecule has 1 aliphatic rings. The molecule has 0 fully saturated rings. The Kier molecular flexibility index (Phi) is 2.91. The summed E-state index contributed by atoms with van der Waals surface area (Å²) in [5.74, 6) is 1.13. The molecule has 0 aromatic heterocycles. The quantitative estimate of drug-likeness (QED) is 0.481. The molecule has 0 heterocycles. The Balaban J connectivity index is 2.73. The predicted molar refractivity (Wildman–Crippen MR) is 50.0 cm³/mol. The molecule has 0 saturated heterocycles. The van der Waals surface area contributed by atoms with Crippen molar-refractivity contribution in [3.8, 4) is 0 Å². The Morgan fingerprint density at radius 3 is 2.58 bits per heavy atom. The van der Waals surface area contributed by atoms with E-state index in [0.717, 1.165) is 6.42 Å². The number of nitrogens with zero attached hydrogens (tertiary/aromatic N) is 1. The summed E-state index contributed by atoms with van der Waals surface area (Å²) in [4.78, 5) is 0. The minimum atomic E-state index is 0.296. The molecule has 0 bridgehead atoms. The van der Waals surface area contributed by atoms with E-state index in [1.165, 1.54) is 10.6 Å². The number of rotatable bonds is 1. The van der Waals surface area contributed by atoms with Gasteiger partial charge in [0.2, 0.25) is 0 Å². The lowest BCUT2D eigenvalue weighted by molar-refractivity contribution is -0.122. The van der Waals surface area contributed by atoms with Crippen LogP contribution >= 0.6 is 0 Å². The minimum Gasteiger partial charge on any atom is -0.314 e. The van der Waals surface area contributed by atoms with E-state index in [4.69, 9.17) is 0 Å². The van der Waals surface area contributed by atoms with Gasteiger partial charge in [-0.05, 0) is 25.2 Å². The second-order valence-electron chi connectivity index (χ2n) is 4.08. The molecule has 0 radical (unpaired) electrons. The average molecular weight is 169 g/mol. The summed E-state index contributed by atoms with van der Waals surface area (Å²) in [6.07, 6.45) is 3.31. The van der Waals surface area contributed by atoms with Gasteiger partial charge in [-0.3, -0.25) is 0 Å². The van der Waals surface area contributed by atoms with Gasteiger partial charge in [0.15, 0.2) is 0 Å². The van der Waals surface area contributed by atoms with E-state index in [-0.39, 0.29) is 0 Å². The zero-order valence-electron chi connectivity index (χ0n) is 8.41. The van der Waals surface area contributed by atoms with Gasteiger partial charge in [0.1, 0.15) is 0 Å². The van der Waals surface area contributed by atoms with Crippen molar-refractivity contribution in [1.82, 2.24) is 5.06 Å². The van der Waals surface area contributed by atoms with Crippen LogP contribution in [0.4, 0.5) is 0 Å². The lowest BCUT2D eigenvalue weighted by Gasteiger charge is -2.35. The summed E-state index contributed by atoms with van der Waals surface area (Å²) < 4.78 is 0. The van der Waals surface area contributed by atoms with Crippen LogP contribution in [0.3, 0.4) is 0 Å². The first-order valence-electron chi connectivity index (χ1n) is 4.61. The standard InChI is InChI=1S/C10H19NO/c1-7-5-8(2)9(3)10(6-7)11(4)12/h5,8-10,12H,6H2,1-4H3. The Morgan fingerprint density at radius 2 is 2.08 bits per heavy atom. The Hall–Kier alpha value is -0.340. The van der Waals surface area contributed by atoms with Crippen molar-refractivity contribution >= 4 is 0 Å². The van der Waals surface area contributed by atoms with E-state index >= 15 is 0 Å². The number of hydrogen-bond acceptors (Lipinski definition) is 2. The van der Waals surface area contributed by atoms with Crippen molar-refractivity contribution in [1.29, 1.82) is 0 Å². The van der Waals surface area contributed by atoms with Crippen LogP contribution < -0.4 is 0 Å². The second kappa shape index (κ2) is 3.58.